The van der Waals surface area contributed by atoms with E-state index < -0.39 is 0 Å². The number of nitrogens with zero attached hydrogens (tertiary/aromatic N) is 2. The van der Waals surface area contributed by atoms with Crippen molar-refractivity contribution in [1.29, 1.82) is 0 Å². The Hall–Kier alpha value is -1.21. The van der Waals surface area contributed by atoms with Gasteiger partial charge in [-0.25, -0.2) is 4.98 Å². The topological polar surface area (TPSA) is 80.9 Å². The molecule has 0 saturated heterocycles. The summed E-state index contributed by atoms with van der Waals surface area (Å²) >= 11 is 1.39. The van der Waals surface area contributed by atoms with Gasteiger partial charge in [-0.1, -0.05) is 12.8 Å². The SMILES string of the molecule is Cl.Cl.NCC1(NC(=O)c2cnc(-c3ccncc3)s2)CCCC1. The normalized spacial score (nSPS) is 15.3. The molecule has 1 aliphatic carbocycles. The van der Waals surface area contributed by atoms with E-state index in [2.05, 4.69) is 15.3 Å². The maximum absolute atomic E-state index is 12.4. The number of thiazole rings is 1. The highest BCUT2D eigenvalue weighted by molar-refractivity contribution is 7.16. The monoisotopic (exact) mass is 374 g/mol. The van der Waals surface area contributed by atoms with E-state index in [0.29, 0.717) is 11.4 Å². The highest BCUT2D eigenvalue weighted by Gasteiger charge is 2.34. The summed E-state index contributed by atoms with van der Waals surface area (Å²) in [5.74, 6) is -0.0693. The number of amides is 1. The van der Waals surface area contributed by atoms with Crippen LogP contribution in [0.5, 0.6) is 0 Å². The van der Waals surface area contributed by atoms with E-state index in [-0.39, 0.29) is 36.3 Å². The molecule has 126 valence electrons. The summed E-state index contributed by atoms with van der Waals surface area (Å²) in [6, 6.07) is 3.78. The number of hydrogen-bond acceptors (Lipinski definition) is 5. The molecule has 0 aromatic carbocycles. The Morgan fingerprint density at radius 3 is 2.52 bits per heavy atom. The van der Waals surface area contributed by atoms with Crippen molar-refractivity contribution in [3.05, 3.63) is 35.6 Å². The van der Waals surface area contributed by atoms with Gasteiger partial charge in [-0.2, -0.15) is 0 Å². The van der Waals surface area contributed by atoms with Gasteiger partial charge in [-0.05, 0) is 25.0 Å². The predicted molar refractivity (Wildman–Crippen MR) is 97.6 cm³/mol. The Bertz CT molecular complexity index is 629. The molecule has 0 atom stereocenters. The molecule has 1 saturated carbocycles. The lowest BCUT2D eigenvalue weighted by atomic mass is 9.98. The first-order chi connectivity index (χ1) is 10.2. The second kappa shape index (κ2) is 8.59. The molecule has 0 bridgehead atoms. The van der Waals surface area contributed by atoms with Crippen LogP contribution in [0.3, 0.4) is 0 Å². The molecule has 0 radical (unpaired) electrons. The average molecular weight is 375 g/mol. The second-order valence-corrected chi connectivity index (χ2v) is 6.44. The molecule has 3 N–H and O–H groups in total. The van der Waals surface area contributed by atoms with Crippen molar-refractivity contribution in [3.8, 4) is 10.6 Å². The molecule has 1 amide bonds. The van der Waals surface area contributed by atoms with E-state index in [4.69, 9.17) is 5.73 Å². The molecule has 3 rings (SSSR count). The van der Waals surface area contributed by atoms with Crippen LogP contribution in [-0.4, -0.2) is 28.0 Å². The highest BCUT2D eigenvalue weighted by Crippen LogP contribution is 2.30. The maximum atomic E-state index is 12.4. The number of carbonyl (C=O) groups excluding carboxylic acids is 1. The van der Waals surface area contributed by atoms with Gasteiger partial charge in [0, 0.05) is 24.5 Å². The zero-order chi connectivity index (χ0) is 14.7. The molecule has 8 heteroatoms. The lowest BCUT2D eigenvalue weighted by Crippen LogP contribution is -2.51. The van der Waals surface area contributed by atoms with E-state index in [9.17, 15) is 4.79 Å². The molecular weight excluding hydrogens is 355 g/mol. The first-order valence-corrected chi connectivity index (χ1v) is 7.93. The number of nitrogens with two attached hydrogens (primary N) is 1. The van der Waals surface area contributed by atoms with Gasteiger partial charge >= 0.3 is 0 Å². The highest BCUT2D eigenvalue weighted by atomic mass is 35.5. The summed E-state index contributed by atoms with van der Waals surface area (Å²) in [6.45, 7) is 0.495. The van der Waals surface area contributed by atoms with Crippen molar-refractivity contribution < 1.29 is 4.79 Å². The van der Waals surface area contributed by atoms with Crippen LogP contribution in [0.1, 0.15) is 35.4 Å². The quantitative estimate of drug-likeness (QED) is 0.861. The van der Waals surface area contributed by atoms with Crippen LogP contribution in [0.4, 0.5) is 0 Å². The Morgan fingerprint density at radius 1 is 1.26 bits per heavy atom. The average Bonchev–Trinajstić information content (AvgIpc) is 3.18. The van der Waals surface area contributed by atoms with Crippen molar-refractivity contribution in [2.24, 2.45) is 5.73 Å². The fourth-order valence-corrected chi connectivity index (χ4v) is 3.56. The first kappa shape index (κ1) is 19.8. The van der Waals surface area contributed by atoms with Gasteiger partial charge in [0.05, 0.1) is 11.7 Å². The van der Waals surface area contributed by atoms with E-state index >= 15 is 0 Å². The molecule has 1 fully saturated rings. The minimum absolute atomic E-state index is 0. The number of aromatic nitrogens is 2. The third-order valence-electron chi connectivity index (χ3n) is 3.99. The molecule has 23 heavy (non-hydrogen) atoms. The molecule has 5 nitrogen and oxygen atoms in total. The predicted octanol–water partition coefficient (Wildman–Crippen LogP) is 3.05. The van der Waals surface area contributed by atoms with Gasteiger partial charge in [0.25, 0.3) is 5.91 Å². The maximum Gasteiger partial charge on any atom is 0.263 e. The standard InChI is InChI=1S/C15H18N4OS.2ClH/c16-10-15(5-1-2-6-15)19-13(20)12-9-18-14(21-12)11-3-7-17-8-4-11;;/h3-4,7-9H,1-2,5-6,10,16H2,(H,19,20);2*1H. The van der Waals surface area contributed by atoms with Gasteiger partial charge in [-0.15, -0.1) is 36.2 Å². The summed E-state index contributed by atoms with van der Waals surface area (Å²) < 4.78 is 0. The first-order valence-electron chi connectivity index (χ1n) is 7.11. The number of nitrogens with one attached hydrogen (secondary N) is 1. The minimum Gasteiger partial charge on any atom is -0.345 e. The van der Waals surface area contributed by atoms with Crippen molar-refractivity contribution >= 4 is 42.1 Å². The lowest BCUT2D eigenvalue weighted by molar-refractivity contribution is 0.0907. The summed E-state index contributed by atoms with van der Waals surface area (Å²) in [7, 11) is 0. The van der Waals surface area contributed by atoms with E-state index in [1.54, 1.807) is 18.6 Å². The van der Waals surface area contributed by atoms with Crippen LogP contribution in [-0.2, 0) is 0 Å². The summed E-state index contributed by atoms with van der Waals surface area (Å²) in [5, 5.41) is 3.95. The molecule has 2 aromatic heterocycles. The number of halogens is 2. The van der Waals surface area contributed by atoms with Crippen LogP contribution in [0.15, 0.2) is 30.7 Å². The fraction of sp³-hybridized carbons (Fsp3) is 0.400. The van der Waals surface area contributed by atoms with Crippen LogP contribution >= 0.6 is 36.2 Å². The Morgan fingerprint density at radius 2 is 1.91 bits per heavy atom. The van der Waals surface area contributed by atoms with Gasteiger partial charge in [0.15, 0.2) is 0 Å². The molecule has 2 aromatic rings. The second-order valence-electron chi connectivity index (χ2n) is 5.41. The Balaban J connectivity index is 0.00000132. The van der Waals surface area contributed by atoms with Crippen LogP contribution < -0.4 is 11.1 Å². The lowest BCUT2D eigenvalue weighted by Gasteiger charge is -2.28. The molecule has 0 aliphatic heterocycles. The van der Waals surface area contributed by atoms with E-state index in [1.165, 1.54) is 11.3 Å². The molecule has 2 heterocycles. The Kier molecular flexibility index (Phi) is 7.41. The van der Waals surface area contributed by atoms with Crippen LogP contribution in [0.2, 0.25) is 0 Å². The third kappa shape index (κ3) is 4.41. The van der Waals surface area contributed by atoms with Crippen LogP contribution in [0.25, 0.3) is 10.6 Å². The van der Waals surface area contributed by atoms with Crippen molar-refractivity contribution in [3.63, 3.8) is 0 Å². The van der Waals surface area contributed by atoms with Gasteiger partial charge in [0.1, 0.15) is 9.88 Å². The molecule has 0 spiro atoms. The number of pyridine rings is 1. The van der Waals surface area contributed by atoms with E-state index in [0.717, 1.165) is 36.3 Å². The van der Waals surface area contributed by atoms with Gasteiger partial charge < -0.3 is 11.1 Å². The van der Waals surface area contributed by atoms with Crippen molar-refractivity contribution in [2.75, 3.05) is 6.54 Å². The fourth-order valence-electron chi connectivity index (χ4n) is 2.74. The smallest absolute Gasteiger partial charge is 0.263 e. The van der Waals surface area contributed by atoms with Crippen LogP contribution in [0, 0.1) is 0 Å². The zero-order valence-corrected chi connectivity index (χ0v) is 15.0. The summed E-state index contributed by atoms with van der Waals surface area (Å²) in [5.41, 5.74) is 6.61. The van der Waals surface area contributed by atoms with E-state index in [1.807, 2.05) is 12.1 Å². The third-order valence-corrected chi connectivity index (χ3v) is 5.03. The largest absolute Gasteiger partial charge is 0.345 e. The zero-order valence-electron chi connectivity index (χ0n) is 12.5. The number of carbonyl (C=O) groups is 1. The van der Waals surface area contributed by atoms with Crippen molar-refractivity contribution in [1.82, 2.24) is 15.3 Å². The molecule has 1 aliphatic rings. The molecular formula is C15H20Cl2N4OS. The number of hydrogen-bond donors (Lipinski definition) is 2. The Labute approximate surface area is 151 Å². The summed E-state index contributed by atoms with van der Waals surface area (Å²) in [4.78, 5) is 21.3. The van der Waals surface area contributed by atoms with Gasteiger partial charge in [-0.3, -0.25) is 9.78 Å². The van der Waals surface area contributed by atoms with Gasteiger partial charge in [0.2, 0.25) is 0 Å². The number of rotatable bonds is 4. The summed E-state index contributed by atoms with van der Waals surface area (Å²) in [6.07, 6.45) is 9.26. The minimum atomic E-state index is -0.224. The molecule has 0 unspecified atom stereocenters. The van der Waals surface area contributed by atoms with Crippen molar-refractivity contribution in [2.45, 2.75) is 31.2 Å².